The second-order valence-electron chi connectivity index (χ2n) is 4.65. The molecule has 3 rings (SSSR count). The van der Waals surface area contributed by atoms with Crippen LogP contribution in [-0.4, -0.2) is 11.8 Å². The van der Waals surface area contributed by atoms with Crippen molar-refractivity contribution in [1.29, 1.82) is 0 Å². The van der Waals surface area contributed by atoms with E-state index in [1.165, 1.54) is 0 Å². The molecule has 2 N–H and O–H groups in total. The van der Waals surface area contributed by atoms with Crippen LogP contribution >= 0.6 is 0 Å². The van der Waals surface area contributed by atoms with Gasteiger partial charge in [-0.3, -0.25) is 4.98 Å². The molecule has 0 radical (unpaired) electrons. The molecule has 106 valence electrons. The predicted octanol–water partition coefficient (Wildman–Crippen LogP) is 3.37. The van der Waals surface area contributed by atoms with Gasteiger partial charge in [0.25, 0.3) is 0 Å². The van der Waals surface area contributed by atoms with Crippen LogP contribution in [0.25, 0.3) is 10.9 Å². The van der Waals surface area contributed by atoms with Crippen molar-refractivity contribution in [3.8, 4) is 5.75 Å². The second kappa shape index (κ2) is 6.24. The number of nitrogens with zero attached hydrogens (tertiary/aromatic N) is 1. The van der Waals surface area contributed by atoms with Crippen LogP contribution in [-0.2, 0) is 11.3 Å². The quantitative estimate of drug-likeness (QED) is 0.442. The Morgan fingerprint density at radius 3 is 2.67 bits per heavy atom. The first-order valence-corrected chi connectivity index (χ1v) is 6.72. The molecule has 21 heavy (non-hydrogen) atoms. The molecule has 2 aromatic carbocycles. The molecule has 0 amide bonds. The van der Waals surface area contributed by atoms with Crippen molar-refractivity contribution in [3.63, 3.8) is 0 Å². The van der Waals surface area contributed by atoms with Gasteiger partial charge in [0.2, 0.25) is 0 Å². The first-order chi connectivity index (χ1) is 10.3. The van der Waals surface area contributed by atoms with E-state index in [2.05, 4.69) is 4.98 Å². The van der Waals surface area contributed by atoms with Crippen LogP contribution in [0.3, 0.4) is 0 Å². The maximum atomic E-state index is 5.93. The summed E-state index contributed by atoms with van der Waals surface area (Å²) in [4.78, 5) is 4.32. The van der Waals surface area contributed by atoms with E-state index in [-0.39, 0.29) is 6.79 Å². The van der Waals surface area contributed by atoms with E-state index in [1.54, 1.807) is 6.20 Å². The van der Waals surface area contributed by atoms with Crippen LogP contribution < -0.4 is 10.5 Å². The van der Waals surface area contributed by atoms with Gasteiger partial charge in [-0.05, 0) is 29.8 Å². The molecule has 0 fully saturated rings. The molecule has 0 bridgehead atoms. The van der Waals surface area contributed by atoms with Crippen molar-refractivity contribution in [2.75, 3.05) is 12.5 Å². The largest absolute Gasteiger partial charge is 0.465 e. The monoisotopic (exact) mass is 280 g/mol. The summed E-state index contributed by atoms with van der Waals surface area (Å²) >= 11 is 0. The van der Waals surface area contributed by atoms with E-state index in [0.29, 0.717) is 18.0 Å². The molecule has 4 nitrogen and oxygen atoms in total. The zero-order valence-corrected chi connectivity index (χ0v) is 11.5. The van der Waals surface area contributed by atoms with Gasteiger partial charge in [-0.1, -0.05) is 30.3 Å². The Morgan fingerprint density at radius 2 is 1.81 bits per heavy atom. The standard InChI is InChI=1S/C17H16N2O2/c18-15-8-9-16(17-14(15)7-4-10-19-17)21-12-20-11-13-5-2-1-3-6-13/h1-10H,11-12,18H2. The second-order valence-corrected chi connectivity index (χ2v) is 4.65. The highest BCUT2D eigenvalue weighted by atomic mass is 16.7. The lowest BCUT2D eigenvalue weighted by atomic mass is 10.2. The highest BCUT2D eigenvalue weighted by molar-refractivity contribution is 5.94. The number of nitrogen functional groups attached to an aromatic ring is 1. The Balaban J connectivity index is 1.65. The van der Waals surface area contributed by atoms with Crippen LogP contribution in [0.5, 0.6) is 5.75 Å². The number of anilines is 1. The summed E-state index contributed by atoms with van der Waals surface area (Å²) in [7, 11) is 0. The van der Waals surface area contributed by atoms with Crippen LogP contribution in [0.1, 0.15) is 5.56 Å². The van der Waals surface area contributed by atoms with E-state index < -0.39 is 0 Å². The van der Waals surface area contributed by atoms with Gasteiger partial charge in [0, 0.05) is 17.3 Å². The Bertz CT molecular complexity index is 729. The zero-order chi connectivity index (χ0) is 14.5. The van der Waals surface area contributed by atoms with Crippen molar-refractivity contribution < 1.29 is 9.47 Å². The highest BCUT2D eigenvalue weighted by Crippen LogP contribution is 2.27. The van der Waals surface area contributed by atoms with E-state index >= 15 is 0 Å². The normalized spacial score (nSPS) is 10.7. The number of fused-ring (bicyclic) bond motifs is 1. The molecule has 3 aromatic rings. The summed E-state index contributed by atoms with van der Waals surface area (Å²) in [5, 5.41) is 0.887. The van der Waals surface area contributed by atoms with Gasteiger partial charge in [0.15, 0.2) is 6.79 Å². The van der Waals surface area contributed by atoms with Gasteiger partial charge < -0.3 is 15.2 Å². The third-order valence-electron chi connectivity index (χ3n) is 3.18. The van der Waals surface area contributed by atoms with Crippen molar-refractivity contribution in [2.45, 2.75) is 6.61 Å². The summed E-state index contributed by atoms with van der Waals surface area (Å²) in [6, 6.07) is 17.4. The van der Waals surface area contributed by atoms with Crippen molar-refractivity contribution in [3.05, 3.63) is 66.4 Å². The third-order valence-corrected chi connectivity index (χ3v) is 3.18. The van der Waals surface area contributed by atoms with Crippen LogP contribution in [0.15, 0.2) is 60.8 Å². The molecule has 0 aliphatic carbocycles. The average Bonchev–Trinajstić information content (AvgIpc) is 2.55. The molecular formula is C17H16N2O2. The molecular weight excluding hydrogens is 264 g/mol. The first kappa shape index (κ1) is 13.4. The summed E-state index contributed by atoms with van der Waals surface area (Å²) in [5.41, 5.74) is 8.48. The number of hydrogen-bond acceptors (Lipinski definition) is 4. The maximum absolute atomic E-state index is 5.93. The summed E-state index contributed by atoms with van der Waals surface area (Å²) in [5.74, 6) is 0.674. The Morgan fingerprint density at radius 1 is 0.952 bits per heavy atom. The molecule has 0 saturated heterocycles. The lowest BCUT2D eigenvalue weighted by Gasteiger charge is -2.10. The molecule has 0 unspecified atom stereocenters. The Kier molecular flexibility index (Phi) is 3.98. The van der Waals surface area contributed by atoms with E-state index in [1.807, 2.05) is 54.6 Å². The summed E-state index contributed by atoms with van der Waals surface area (Å²) in [6.45, 7) is 0.686. The fraction of sp³-hybridized carbons (Fsp3) is 0.118. The van der Waals surface area contributed by atoms with Crippen molar-refractivity contribution >= 4 is 16.6 Å². The lowest BCUT2D eigenvalue weighted by Crippen LogP contribution is -2.04. The van der Waals surface area contributed by atoms with Gasteiger partial charge in [-0.25, -0.2) is 0 Å². The third kappa shape index (κ3) is 3.12. The topological polar surface area (TPSA) is 57.4 Å². The number of rotatable bonds is 5. The number of benzene rings is 2. The highest BCUT2D eigenvalue weighted by Gasteiger charge is 2.05. The minimum absolute atomic E-state index is 0.171. The molecule has 0 spiro atoms. The molecule has 1 aromatic heterocycles. The number of hydrogen-bond donors (Lipinski definition) is 1. The van der Waals surface area contributed by atoms with Crippen molar-refractivity contribution in [2.24, 2.45) is 0 Å². The Labute approximate surface area is 123 Å². The Hall–Kier alpha value is -2.59. The number of aromatic nitrogens is 1. The minimum atomic E-state index is 0.171. The van der Waals surface area contributed by atoms with E-state index in [4.69, 9.17) is 15.2 Å². The minimum Gasteiger partial charge on any atom is -0.465 e. The fourth-order valence-corrected chi connectivity index (χ4v) is 2.12. The number of ether oxygens (including phenoxy) is 2. The molecule has 4 heteroatoms. The molecule has 0 atom stereocenters. The average molecular weight is 280 g/mol. The van der Waals surface area contributed by atoms with Crippen molar-refractivity contribution in [1.82, 2.24) is 4.98 Å². The molecule has 0 aliphatic heterocycles. The van der Waals surface area contributed by atoms with E-state index in [0.717, 1.165) is 16.5 Å². The summed E-state index contributed by atoms with van der Waals surface area (Å²) < 4.78 is 11.2. The number of pyridine rings is 1. The van der Waals surface area contributed by atoms with Gasteiger partial charge in [-0.2, -0.15) is 0 Å². The van der Waals surface area contributed by atoms with E-state index in [9.17, 15) is 0 Å². The lowest BCUT2D eigenvalue weighted by molar-refractivity contribution is 0.00579. The maximum Gasteiger partial charge on any atom is 0.189 e. The molecule has 0 aliphatic rings. The van der Waals surface area contributed by atoms with Crippen LogP contribution in [0.4, 0.5) is 5.69 Å². The first-order valence-electron chi connectivity index (χ1n) is 6.72. The van der Waals surface area contributed by atoms with Gasteiger partial charge >= 0.3 is 0 Å². The smallest absolute Gasteiger partial charge is 0.189 e. The molecule has 1 heterocycles. The summed E-state index contributed by atoms with van der Waals surface area (Å²) in [6.07, 6.45) is 1.72. The SMILES string of the molecule is Nc1ccc(OCOCc2ccccc2)c2ncccc12. The zero-order valence-electron chi connectivity index (χ0n) is 11.5. The fourth-order valence-electron chi connectivity index (χ4n) is 2.12. The van der Waals surface area contributed by atoms with Crippen LogP contribution in [0, 0.1) is 0 Å². The van der Waals surface area contributed by atoms with Gasteiger partial charge in [0.05, 0.1) is 6.61 Å². The van der Waals surface area contributed by atoms with Crippen LogP contribution in [0.2, 0.25) is 0 Å². The number of nitrogens with two attached hydrogens (primary N) is 1. The predicted molar refractivity (Wildman–Crippen MR) is 82.9 cm³/mol. The molecule has 0 saturated carbocycles. The van der Waals surface area contributed by atoms with Gasteiger partial charge in [0.1, 0.15) is 11.3 Å². The van der Waals surface area contributed by atoms with Gasteiger partial charge in [-0.15, -0.1) is 0 Å².